The fourth-order valence-electron chi connectivity index (χ4n) is 2.00. The van der Waals surface area contributed by atoms with Gasteiger partial charge in [-0.3, -0.25) is 4.79 Å². The first-order valence-electron chi connectivity index (χ1n) is 5.99. The first-order chi connectivity index (χ1) is 9.68. The van der Waals surface area contributed by atoms with Gasteiger partial charge in [0.05, 0.1) is 11.5 Å². The van der Waals surface area contributed by atoms with E-state index in [2.05, 4.69) is 36.6 Å². The Morgan fingerprint density at radius 2 is 2.05 bits per heavy atom. The SMILES string of the molecule is Cc1cc(Br)c(S(=O)(=O)NC2(C(=O)O)CCOC2)cc1Br. The zero-order valence-corrected chi connectivity index (χ0v) is 15.0. The smallest absolute Gasteiger partial charge is 0.327 e. The molecule has 1 fully saturated rings. The highest BCUT2D eigenvalue weighted by Gasteiger charge is 2.46. The number of hydrogen-bond acceptors (Lipinski definition) is 4. The van der Waals surface area contributed by atoms with Gasteiger partial charge in [-0.1, -0.05) is 15.9 Å². The van der Waals surface area contributed by atoms with Gasteiger partial charge < -0.3 is 9.84 Å². The molecule has 1 unspecified atom stereocenters. The van der Waals surface area contributed by atoms with Crippen LogP contribution in [0.3, 0.4) is 0 Å². The minimum Gasteiger partial charge on any atom is -0.480 e. The van der Waals surface area contributed by atoms with Crippen molar-refractivity contribution >= 4 is 47.9 Å². The Bertz CT molecular complexity index is 683. The van der Waals surface area contributed by atoms with E-state index in [4.69, 9.17) is 4.74 Å². The summed E-state index contributed by atoms with van der Waals surface area (Å²) in [7, 11) is -4.00. The van der Waals surface area contributed by atoms with Gasteiger partial charge in [0.25, 0.3) is 0 Å². The molecule has 0 amide bonds. The van der Waals surface area contributed by atoms with Crippen LogP contribution < -0.4 is 4.72 Å². The zero-order chi connectivity index (χ0) is 15.8. The van der Waals surface area contributed by atoms with Crippen LogP contribution >= 0.6 is 31.9 Å². The van der Waals surface area contributed by atoms with E-state index in [-0.39, 0.29) is 24.5 Å². The number of carboxylic acids is 1. The van der Waals surface area contributed by atoms with Gasteiger partial charge in [0.2, 0.25) is 10.0 Å². The van der Waals surface area contributed by atoms with E-state index < -0.39 is 21.5 Å². The first-order valence-corrected chi connectivity index (χ1v) is 9.06. The van der Waals surface area contributed by atoms with E-state index >= 15 is 0 Å². The van der Waals surface area contributed by atoms with Crippen molar-refractivity contribution in [3.63, 3.8) is 0 Å². The van der Waals surface area contributed by atoms with Crippen LogP contribution in [0.5, 0.6) is 0 Å². The van der Waals surface area contributed by atoms with Crippen LogP contribution in [0.1, 0.15) is 12.0 Å². The maximum atomic E-state index is 12.5. The van der Waals surface area contributed by atoms with Crippen LogP contribution in [-0.2, 0) is 19.6 Å². The van der Waals surface area contributed by atoms with Crippen LogP contribution in [0.15, 0.2) is 26.0 Å². The van der Waals surface area contributed by atoms with Crippen molar-refractivity contribution in [1.29, 1.82) is 0 Å². The molecule has 1 aromatic rings. The van der Waals surface area contributed by atoms with Gasteiger partial charge >= 0.3 is 5.97 Å². The van der Waals surface area contributed by atoms with Crippen molar-refractivity contribution in [1.82, 2.24) is 4.72 Å². The van der Waals surface area contributed by atoms with Crippen LogP contribution in [0, 0.1) is 6.92 Å². The number of aliphatic carboxylic acids is 1. The van der Waals surface area contributed by atoms with E-state index in [1.165, 1.54) is 6.07 Å². The number of hydrogen-bond donors (Lipinski definition) is 2. The lowest BCUT2D eigenvalue weighted by Crippen LogP contribution is -2.55. The highest BCUT2D eigenvalue weighted by molar-refractivity contribution is 9.11. The van der Waals surface area contributed by atoms with Crippen molar-refractivity contribution in [3.05, 3.63) is 26.6 Å². The molecule has 1 aromatic carbocycles. The van der Waals surface area contributed by atoms with Gasteiger partial charge in [-0.05, 0) is 40.5 Å². The van der Waals surface area contributed by atoms with Crippen molar-refractivity contribution in [2.75, 3.05) is 13.2 Å². The maximum absolute atomic E-state index is 12.5. The topological polar surface area (TPSA) is 92.7 Å². The van der Waals surface area contributed by atoms with Crippen LogP contribution in [0.25, 0.3) is 0 Å². The Morgan fingerprint density at radius 1 is 1.38 bits per heavy atom. The third-order valence-electron chi connectivity index (χ3n) is 3.26. The number of halogens is 2. The summed E-state index contributed by atoms with van der Waals surface area (Å²) in [5.74, 6) is -1.24. The predicted molar refractivity (Wildman–Crippen MR) is 82.7 cm³/mol. The summed E-state index contributed by atoms with van der Waals surface area (Å²) in [4.78, 5) is 11.4. The Kier molecular flexibility index (Phi) is 4.79. The number of aryl methyl sites for hydroxylation is 1. The molecule has 1 aliphatic rings. The highest BCUT2D eigenvalue weighted by atomic mass is 79.9. The molecule has 6 nitrogen and oxygen atoms in total. The van der Waals surface area contributed by atoms with Gasteiger partial charge in [0.15, 0.2) is 5.54 Å². The predicted octanol–water partition coefficient (Wildman–Crippen LogP) is 2.04. The lowest BCUT2D eigenvalue weighted by Gasteiger charge is -2.24. The Morgan fingerprint density at radius 3 is 2.57 bits per heavy atom. The van der Waals surface area contributed by atoms with E-state index in [1.807, 2.05) is 6.92 Å². The van der Waals surface area contributed by atoms with Gasteiger partial charge in [0.1, 0.15) is 0 Å². The third kappa shape index (κ3) is 3.31. The molecule has 0 spiro atoms. The van der Waals surface area contributed by atoms with Crippen molar-refractivity contribution in [2.24, 2.45) is 0 Å². The molecule has 0 bridgehead atoms. The molecule has 0 radical (unpaired) electrons. The van der Waals surface area contributed by atoms with Gasteiger partial charge in [-0.15, -0.1) is 0 Å². The number of rotatable bonds is 4. The molecule has 1 atom stereocenters. The van der Waals surface area contributed by atoms with E-state index in [9.17, 15) is 18.3 Å². The molecule has 9 heteroatoms. The lowest BCUT2D eigenvalue weighted by atomic mass is 10.0. The van der Waals surface area contributed by atoms with Crippen LogP contribution in [0.4, 0.5) is 0 Å². The molecule has 21 heavy (non-hydrogen) atoms. The fraction of sp³-hybridized carbons (Fsp3) is 0.417. The second-order valence-corrected chi connectivity index (χ2v) is 8.19. The molecule has 1 heterocycles. The molecule has 0 saturated carbocycles. The summed E-state index contributed by atoms with van der Waals surface area (Å²) in [6.07, 6.45) is 0.0895. The van der Waals surface area contributed by atoms with E-state index in [0.717, 1.165) is 5.56 Å². The number of benzene rings is 1. The number of nitrogens with one attached hydrogen (secondary N) is 1. The molecule has 2 N–H and O–H groups in total. The van der Waals surface area contributed by atoms with Crippen molar-refractivity contribution < 1.29 is 23.1 Å². The van der Waals surface area contributed by atoms with E-state index in [0.29, 0.717) is 8.95 Å². The summed E-state index contributed by atoms with van der Waals surface area (Å²) in [6.45, 7) is 1.84. The molecule has 0 aromatic heterocycles. The molecule has 116 valence electrons. The van der Waals surface area contributed by atoms with E-state index in [1.54, 1.807) is 6.07 Å². The largest absolute Gasteiger partial charge is 0.480 e. The summed E-state index contributed by atoms with van der Waals surface area (Å²) in [5.41, 5.74) is -0.756. The fourth-order valence-corrected chi connectivity index (χ4v) is 5.06. The lowest BCUT2D eigenvalue weighted by molar-refractivity contribution is -0.144. The Labute approximate surface area is 139 Å². The second-order valence-electron chi connectivity index (χ2n) is 4.83. The normalized spacial score (nSPS) is 22.4. The second kappa shape index (κ2) is 5.96. The molecule has 1 saturated heterocycles. The number of carboxylic acid groups (broad SMARTS) is 1. The molecular weight excluding hydrogens is 430 g/mol. The first kappa shape index (κ1) is 16.9. The average Bonchev–Trinajstić information content (AvgIpc) is 2.82. The average molecular weight is 443 g/mol. The van der Waals surface area contributed by atoms with Crippen molar-refractivity contribution in [2.45, 2.75) is 23.8 Å². The summed E-state index contributed by atoms with van der Waals surface area (Å²) in [6, 6.07) is 3.09. The monoisotopic (exact) mass is 441 g/mol. The zero-order valence-electron chi connectivity index (χ0n) is 11.0. The Hall–Kier alpha value is -0.480. The van der Waals surface area contributed by atoms with Gasteiger partial charge in [-0.2, -0.15) is 4.72 Å². The Balaban J connectivity index is 2.43. The standard InChI is InChI=1S/C12H13Br2NO5S/c1-7-4-9(14)10(5-8(7)13)21(18,19)15-12(11(16)17)2-3-20-6-12/h4-5,15H,2-3,6H2,1H3,(H,16,17). The van der Waals surface area contributed by atoms with Gasteiger partial charge in [-0.25, -0.2) is 8.42 Å². The summed E-state index contributed by atoms with van der Waals surface area (Å²) >= 11 is 6.48. The molecular formula is C12H13Br2NO5S. The van der Waals surface area contributed by atoms with Crippen LogP contribution in [0.2, 0.25) is 0 Å². The van der Waals surface area contributed by atoms with Crippen molar-refractivity contribution in [3.8, 4) is 0 Å². The van der Waals surface area contributed by atoms with Crippen LogP contribution in [-0.4, -0.2) is 38.2 Å². The quantitative estimate of drug-likeness (QED) is 0.744. The minimum atomic E-state index is -4.00. The number of ether oxygens (including phenoxy) is 1. The minimum absolute atomic E-state index is 0.0208. The molecule has 1 aliphatic heterocycles. The third-order valence-corrected chi connectivity index (χ3v) is 6.61. The number of carbonyl (C=O) groups is 1. The summed E-state index contributed by atoms with van der Waals surface area (Å²) in [5, 5.41) is 9.31. The molecule has 0 aliphatic carbocycles. The highest BCUT2D eigenvalue weighted by Crippen LogP contribution is 2.30. The van der Waals surface area contributed by atoms with Gasteiger partial charge in [0, 0.05) is 22.0 Å². The maximum Gasteiger partial charge on any atom is 0.327 e. The summed E-state index contributed by atoms with van der Waals surface area (Å²) < 4.78 is 33.3. The molecule has 2 rings (SSSR count). The number of sulfonamides is 1.